The van der Waals surface area contributed by atoms with E-state index in [1.165, 1.54) is 12.3 Å². The molecule has 0 aliphatic rings. The van der Waals surface area contributed by atoms with Gasteiger partial charge in [0.05, 0.1) is 6.20 Å². The van der Waals surface area contributed by atoms with Gasteiger partial charge in [-0.05, 0) is 24.2 Å². The van der Waals surface area contributed by atoms with Crippen molar-refractivity contribution in [3.63, 3.8) is 0 Å². The Morgan fingerprint density at radius 1 is 1.37 bits per heavy atom. The zero-order valence-electron chi connectivity index (χ0n) is 10.4. The van der Waals surface area contributed by atoms with Gasteiger partial charge < -0.3 is 5.32 Å². The van der Waals surface area contributed by atoms with Crippen LogP contribution < -0.4 is 5.32 Å². The maximum absolute atomic E-state index is 13.7. The van der Waals surface area contributed by atoms with Crippen LogP contribution in [0.3, 0.4) is 0 Å². The lowest BCUT2D eigenvalue weighted by molar-refractivity contribution is 0.0566. The third kappa shape index (κ3) is 3.14. The molecular weight excluding hydrogens is 255 g/mol. The Morgan fingerprint density at radius 3 is 2.79 bits per heavy atom. The Balaban J connectivity index is 2.31. The van der Waals surface area contributed by atoms with Crippen molar-refractivity contribution in [2.45, 2.75) is 20.0 Å². The van der Waals surface area contributed by atoms with Gasteiger partial charge in [-0.1, -0.05) is 13.0 Å². The van der Waals surface area contributed by atoms with Crippen molar-refractivity contribution >= 4 is 0 Å². The molecule has 0 amide bonds. The van der Waals surface area contributed by atoms with Crippen LogP contribution in [0.1, 0.15) is 19.0 Å². The van der Waals surface area contributed by atoms with Crippen molar-refractivity contribution in [3.05, 3.63) is 42.0 Å². The van der Waals surface area contributed by atoms with E-state index in [1.807, 2.05) is 6.92 Å². The second-order valence-corrected chi connectivity index (χ2v) is 4.08. The molecule has 0 fully saturated rings. The maximum atomic E-state index is 13.7. The summed E-state index contributed by atoms with van der Waals surface area (Å²) in [5, 5.41) is 6.63. The summed E-state index contributed by atoms with van der Waals surface area (Å²) in [5.41, 5.74) is 1.52. The number of nitrogens with one attached hydrogen (secondary N) is 1. The monoisotopic (exact) mass is 269 g/mol. The zero-order valence-corrected chi connectivity index (χ0v) is 10.4. The molecule has 0 aliphatic heterocycles. The molecule has 2 rings (SSSR count). The molecule has 1 aromatic heterocycles. The van der Waals surface area contributed by atoms with E-state index in [-0.39, 0.29) is 5.56 Å². The summed E-state index contributed by atoms with van der Waals surface area (Å²) in [4.78, 5) is 0. The number of nitrogens with zero attached hydrogens (tertiary/aromatic N) is 2. The van der Waals surface area contributed by atoms with E-state index >= 15 is 0 Å². The van der Waals surface area contributed by atoms with Crippen molar-refractivity contribution in [2.24, 2.45) is 0 Å². The van der Waals surface area contributed by atoms with Gasteiger partial charge in [0, 0.05) is 23.9 Å². The summed E-state index contributed by atoms with van der Waals surface area (Å²) >= 11 is 0. The fourth-order valence-electron chi connectivity index (χ4n) is 1.76. The molecule has 0 aliphatic carbocycles. The summed E-state index contributed by atoms with van der Waals surface area (Å²) in [6.45, 7) is 0.654. The first-order chi connectivity index (χ1) is 9.11. The summed E-state index contributed by atoms with van der Waals surface area (Å²) < 4.78 is 39.1. The molecule has 1 heterocycles. The first-order valence-electron chi connectivity index (χ1n) is 5.93. The van der Waals surface area contributed by atoms with E-state index in [2.05, 4.69) is 10.4 Å². The van der Waals surface area contributed by atoms with Crippen LogP contribution in [0.25, 0.3) is 11.1 Å². The van der Waals surface area contributed by atoms with Crippen molar-refractivity contribution in [1.29, 1.82) is 0 Å². The highest BCUT2D eigenvalue weighted by Crippen LogP contribution is 2.25. The predicted molar refractivity (Wildman–Crippen MR) is 66.3 cm³/mol. The average Bonchev–Trinajstić information content (AvgIpc) is 2.87. The molecule has 2 aromatic rings. The highest BCUT2D eigenvalue weighted by Gasteiger charge is 2.12. The van der Waals surface area contributed by atoms with Gasteiger partial charge in [-0.15, -0.1) is 0 Å². The van der Waals surface area contributed by atoms with E-state index in [4.69, 9.17) is 0 Å². The van der Waals surface area contributed by atoms with Crippen LogP contribution in [0.2, 0.25) is 0 Å². The molecule has 0 atom stereocenters. The topological polar surface area (TPSA) is 29.9 Å². The Bertz CT molecular complexity index is 552. The number of aromatic nitrogens is 2. The van der Waals surface area contributed by atoms with E-state index in [0.717, 1.165) is 18.3 Å². The van der Waals surface area contributed by atoms with Gasteiger partial charge in [0.25, 0.3) is 0 Å². The Morgan fingerprint density at radius 2 is 2.16 bits per heavy atom. The molecule has 0 spiro atoms. The molecule has 1 aromatic carbocycles. The van der Waals surface area contributed by atoms with Crippen LogP contribution in [-0.2, 0) is 6.54 Å². The van der Waals surface area contributed by atoms with Crippen LogP contribution in [-0.4, -0.2) is 16.3 Å². The lowest BCUT2D eigenvalue weighted by Crippen LogP contribution is -2.11. The molecule has 0 saturated carbocycles. The fraction of sp³-hybridized carbons (Fsp3) is 0.308. The van der Waals surface area contributed by atoms with E-state index in [9.17, 15) is 13.2 Å². The zero-order chi connectivity index (χ0) is 13.8. The van der Waals surface area contributed by atoms with Gasteiger partial charge in [0.2, 0.25) is 0 Å². The van der Waals surface area contributed by atoms with Gasteiger partial charge in [0.15, 0.2) is 0 Å². The molecule has 1 N–H and O–H groups in total. The number of halogens is 3. The molecular formula is C13H14F3N3. The van der Waals surface area contributed by atoms with Crippen LogP contribution in [0.5, 0.6) is 0 Å². The minimum atomic E-state index is -2.72. The molecule has 0 radical (unpaired) electrons. The summed E-state index contributed by atoms with van der Waals surface area (Å²) in [6.07, 6.45) is 2.38. The van der Waals surface area contributed by atoms with Crippen LogP contribution in [0.15, 0.2) is 30.6 Å². The second-order valence-electron chi connectivity index (χ2n) is 4.08. The first-order valence-corrected chi connectivity index (χ1v) is 5.93. The average molecular weight is 269 g/mol. The van der Waals surface area contributed by atoms with Crippen molar-refractivity contribution in [2.75, 3.05) is 6.54 Å². The van der Waals surface area contributed by atoms with Gasteiger partial charge in [-0.3, -0.25) is 0 Å². The molecule has 6 heteroatoms. The van der Waals surface area contributed by atoms with E-state index in [1.54, 1.807) is 12.1 Å². The van der Waals surface area contributed by atoms with E-state index < -0.39 is 12.4 Å². The highest BCUT2D eigenvalue weighted by atomic mass is 19.3. The van der Waals surface area contributed by atoms with Gasteiger partial charge in [0.1, 0.15) is 5.82 Å². The van der Waals surface area contributed by atoms with Crippen molar-refractivity contribution in [3.8, 4) is 11.1 Å². The number of benzene rings is 1. The minimum absolute atomic E-state index is 0.280. The Hall–Kier alpha value is -1.82. The normalized spacial score (nSPS) is 11.2. The third-order valence-electron chi connectivity index (χ3n) is 2.72. The lowest BCUT2D eigenvalue weighted by atomic mass is 10.1. The third-order valence-corrected chi connectivity index (χ3v) is 2.72. The van der Waals surface area contributed by atoms with Crippen LogP contribution >= 0.6 is 0 Å². The second kappa shape index (κ2) is 5.88. The lowest BCUT2D eigenvalue weighted by Gasteiger charge is -2.06. The largest absolute Gasteiger partial charge is 0.333 e. The van der Waals surface area contributed by atoms with Crippen molar-refractivity contribution in [1.82, 2.24) is 15.1 Å². The Labute approximate surface area is 109 Å². The number of hydrogen-bond donors (Lipinski definition) is 1. The highest BCUT2D eigenvalue weighted by molar-refractivity contribution is 5.63. The summed E-state index contributed by atoms with van der Waals surface area (Å²) in [6, 6.07) is 4.64. The van der Waals surface area contributed by atoms with E-state index in [0.29, 0.717) is 16.8 Å². The number of hydrogen-bond acceptors (Lipinski definition) is 2. The molecule has 0 saturated heterocycles. The number of rotatable bonds is 5. The Kier molecular flexibility index (Phi) is 4.21. The summed E-state index contributed by atoms with van der Waals surface area (Å²) in [5.74, 6) is -0.450. The van der Waals surface area contributed by atoms with Crippen molar-refractivity contribution < 1.29 is 13.2 Å². The standard InChI is InChI=1S/C13H14F3N3/c1-2-17-6-9-3-4-12(14)11(5-9)10-7-18-19(8-10)13(15)16/h3-5,7-8,13,17H,2,6H2,1H3. The quantitative estimate of drug-likeness (QED) is 0.903. The van der Waals surface area contributed by atoms with Gasteiger partial charge in [-0.2, -0.15) is 13.9 Å². The fourth-order valence-corrected chi connectivity index (χ4v) is 1.76. The predicted octanol–water partition coefficient (Wildman–Crippen LogP) is 3.19. The molecule has 3 nitrogen and oxygen atoms in total. The van der Waals surface area contributed by atoms with Crippen LogP contribution in [0.4, 0.5) is 13.2 Å². The molecule has 102 valence electrons. The SMILES string of the molecule is CCNCc1ccc(F)c(-c2cnn(C(F)F)c2)c1. The smallest absolute Gasteiger partial charge is 0.313 e. The molecule has 0 unspecified atom stereocenters. The van der Waals surface area contributed by atoms with Crippen LogP contribution in [0, 0.1) is 5.82 Å². The van der Waals surface area contributed by atoms with Gasteiger partial charge >= 0.3 is 6.55 Å². The first kappa shape index (κ1) is 13.6. The maximum Gasteiger partial charge on any atom is 0.333 e. The minimum Gasteiger partial charge on any atom is -0.313 e. The van der Waals surface area contributed by atoms with Gasteiger partial charge in [-0.25, -0.2) is 9.07 Å². The number of alkyl halides is 2. The molecule has 0 bridgehead atoms. The molecule has 19 heavy (non-hydrogen) atoms. The summed E-state index contributed by atoms with van der Waals surface area (Å²) in [7, 11) is 0.